The first-order valence-corrected chi connectivity index (χ1v) is 3.75. The normalized spacial score (nSPS) is 9.08. The smallest absolute Gasteiger partial charge is 0.315 e. The predicted molar refractivity (Wildman–Crippen MR) is 45.1 cm³/mol. The first kappa shape index (κ1) is 9.33. The Morgan fingerprint density at radius 2 is 2.31 bits per heavy atom. The third kappa shape index (κ3) is 2.34. The summed E-state index contributed by atoms with van der Waals surface area (Å²) >= 11 is 0. The van der Waals surface area contributed by atoms with Crippen molar-refractivity contribution in [3.8, 4) is 11.8 Å². The minimum atomic E-state index is -0.931. The monoisotopic (exact) mass is 179 g/mol. The highest BCUT2D eigenvalue weighted by atomic mass is 16.5. The summed E-state index contributed by atoms with van der Waals surface area (Å²) in [6.45, 7) is 3.51. The van der Waals surface area contributed by atoms with Gasteiger partial charge in [-0.05, 0) is 13.8 Å². The lowest BCUT2D eigenvalue weighted by atomic mass is 10.2. The van der Waals surface area contributed by atoms with Crippen molar-refractivity contribution in [2.45, 2.75) is 20.3 Å². The van der Waals surface area contributed by atoms with Crippen LogP contribution in [0.3, 0.4) is 0 Å². The fourth-order valence-electron chi connectivity index (χ4n) is 0.870. The molecule has 1 heterocycles. The number of nitrogens with zero attached hydrogens (tertiary/aromatic N) is 1. The van der Waals surface area contributed by atoms with Crippen molar-refractivity contribution in [3.63, 3.8) is 0 Å². The second-order valence-electron chi connectivity index (χ2n) is 2.57. The molecular formula is C9H9NO3. The molecule has 0 radical (unpaired) electrons. The molecule has 0 saturated carbocycles. The predicted octanol–water partition coefficient (Wildman–Crippen LogP) is 1.12. The summed E-state index contributed by atoms with van der Waals surface area (Å²) in [4.78, 5) is 10.2. The quantitative estimate of drug-likeness (QED) is 0.656. The van der Waals surface area contributed by atoms with Crippen LogP contribution in [-0.4, -0.2) is 16.2 Å². The second kappa shape index (κ2) is 3.76. The van der Waals surface area contributed by atoms with Gasteiger partial charge < -0.3 is 9.63 Å². The van der Waals surface area contributed by atoms with Gasteiger partial charge in [0.15, 0.2) is 0 Å². The molecule has 0 spiro atoms. The van der Waals surface area contributed by atoms with Crippen LogP contribution in [-0.2, 0) is 4.79 Å². The average Bonchev–Trinajstić information content (AvgIpc) is 2.34. The minimum absolute atomic E-state index is 0.163. The first-order valence-electron chi connectivity index (χ1n) is 3.75. The summed E-state index contributed by atoms with van der Waals surface area (Å²) in [5, 5.41) is 12.0. The van der Waals surface area contributed by atoms with Crippen LogP contribution < -0.4 is 0 Å². The van der Waals surface area contributed by atoms with Crippen molar-refractivity contribution < 1.29 is 14.4 Å². The molecule has 0 amide bonds. The van der Waals surface area contributed by atoms with E-state index in [0.717, 1.165) is 0 Å². The number of carboxylic acid groups (broad SMARTS) is 1. The molecule has 4 nitrogen and oxygen atoms in total. The molecule has 0 aliphatic heterocycles. The Balaban J connectivity index is 2.82. The Hall–Kier alpha value is -1.76. The zero-order valence-corrected chi connectivity index (χ0v) is 7.42. The molecule has 68 valence electrons. The summed E-state index contributed by atoms with van der Waals surface area (Å²) in [7, 11) is 0. The first-order chi connectivity index (χ1) is 6.11. The van der Waals surface area contributed by atoms with Gasteiger partial charge in [-0.25, -0.2) is 0 Å². The molecule has 13 heavy (non-hydrogen) atoms. The van der Waals surface area contributed by atoms with Crippen molar-refractivity contribution >= 4 is 5.97 Å². The van der Waals surface area contributed by atoms with Gasteiger partial charge in [0.25, 0.3) is 0 Å². The van der Waals surface area contributed by atoms with Gasteiger partial charge >= 0.3 is 5.97 Å². The Morgan fingerprint density at radius 3 is 2.77 bits per heavy atom. The molecule has 0 saturated heterocycles. The molecular weight excluding hydrogens is 170 g/mol. The fourth-order valence-corrected chi connectivity index (χ4v) is 0.870. The number of aryl methyl sites for hydroxylation is 2. The molecule has 0 aromatic carbocycles. The van der Waals surface area contributed by atoms with E-state index in [0.29, 0.717) is 17.0 Å². The Bertz CT molecular complexity index is 362. The molecule has 0 unspecified atom stereocenters. The molecule has 0 bridgehead atoms. The maximum atomic E-state index is 10.2. The maximum Gasteiger partial charge on any atom is 0.315 e. The molecule has 0 aliphatic carbocycles. The Labute approximate surface area is 75.5 Å². The topological polar surface area (TPSA) is 63.3 Å². The molecule has 4 heteroatoms. The van der Waals surface area contributed by atoms with Crippen molar-refractivity contribution in [2.24, 2.45) is 0 Å². The van der Waals surface area contributed by atoms with Crippen molar-refractivity contribution in [2.75, 3.05) is 0 Å². The maximum absolute atomic E-state index is 10.2. The lowest BCUT2D eigenvalue weighted by molar-refractivity contribution is -0.135. The molecule has 1 aromatic rings. The van der Waals surface area contributed by atoms with Gasteiger partial charge in [-0.15, -0.1) is 0 Å². The third-order valence-electron chi connectivity index (χ3n) is 1.49. The number of carboxylic acids is 1. The van der Waals surface area contributed by atoms with Crippen LogP contribution in [0.2, 0.25) is 0 Å². The fraction of sp³-hybridized carbons (Fsp3) is 0.333. The number of hydrogen-bond donors (Lipinski definition) is 1. The highest BCUT2D eigenvalue weighted by Gasteiger charge is 2.04. The second-order valence-corrected chi connectivity index (χ2v) is 2.57. The molecule has 1 rings (SSSR count). The lowest BCUT2D eigenvalue weighted by Crippen LogP contribution is -1.90. The van der Waals surface area contributed by atoms with Crippen molar-refractivity contribution in [1.29, 1.82) is 0 Å². The molecule has 1 N–H and O–H groups in total. The van der Waals surface area contributed by atoms with E-state index in [1.54, 1.807) is 13.8 Å². The van der Waals surface area contributed by atoms with E-state index in [1.165, 1.54) is 0 Å². The summed E-state index contributed by atoms with van der Waals surface area (Å²) in [5.41, 5.74) is 1.37. The standard InChI is InChI=1S/C9H9NO3/c1-6-8(7(2)13-10-6)4-3-5-9(11)12/h5H2,1-2H3,(H,11,12). The van der Waals surface area contributed by atoms with Gasteiger partial charge in [0.05, 0.1) is 11.3 Å². The van der Waals surface area contributed by atoms with E-state index in [9.17, 15) is 4.79 Å². The molecule has 1 aromatic heterocycles. The van der Waals surface area contributed by atoms with Gasteiger partial charge in [-0.1, -0.05) is 17.0 Å². The minimum Gasteiger partial charge on any atom is -0.481 e. The van der Waals surface area contributed by atoms with E-state index in [1.807, 2.05) is 0 Å². The van der Waals surface area contributed by atoms with Gasteiger partial charge in [0.1, 0.15) is 12.2 Å². The Morgan fingerprint density at radius 1 is 1.62 bits per heavy atom. The van der Waals surface area contributed by atoms with Gasteiger partial charge in [0.2, 0.25) is 0 Å². The van der Waals surface area contributed by atoms with E-state index < -0.39 is 5.97 Å². The third-order valence-corrected chi connectivity index (χ3v) is 1.49. The van der Waals surface area contributed by atoms with Crippen LogP contribution >= 0.6 is 0 Å². The number of rotatable bonds is 1. The van der Waals surface area contributed by atoms with Crippen molar-refractivity contribution in [3.05, 3.63) is 17.0 Å². The van der Waals surface area contributed by atoms with Crippen LogP contribution in [0.25, 0.3) is 0 Å². The molecule has 0 atom stereocenters. The van der Waals surface area contributed by atoms with E-state index in [4.69, 9.17) is 9.63 Å². The average molecular weight is 179 g/mol. The van der Waals surface area contributed by atoms with Gasteiger partial charge in [0, 0.05) is 0 Å². The van der Waals surface area contributed by atoms with Crippen LogP contribution in [0.1, 0.15) is 23.4 Å². The zero-order chi connectivity index (χ0) is 9.84. The number of carbonyl (C=O) groups is 1. The van der Waals surface area contributed by atoms with E-state index in [-0.39, 0.29) is 6.42 Å². The van der Waals surface area contributed by atoms with Crippen LogP contribution in [0.4, 0.5) is 0 Å². The van der Waals surface area contributed by atoms with Crippen LogP contribution in [0.5, 0.6) is 0 Å². The summed E-state index contributed by atoms with van der Waals surface area (Å²) in [5.74, 6) is 4.91. The lowest BCUT2D eigenvalue weighted by Gasteiger charge is -1.83. The zero-order valence-electron chi connectivity index (χ0n) is 7.42. The van der Waals surface area contributed by atoms with E-state index >= 15 is 0 Å². The van der Waals surface area contributed by atoms with Crippen molar-refractivity contribution in [1.82, 2.24) is 5.16 Å². The highest BCUT2D eigenvalue weighted by molar-refractivity contribution is 5.70. The summed E-state index contributed by atoms with van der Waals surface area (Å²) in [6, 6.07) is 0. The highest BCUT2D eigenvalue weighted by Crippen LogP contribution is 2.09. The van der Waals surface area contributed by atoms with Gasteiger partial charge in [-0.3, -0.25) is 4.79 Å². The van der Waals surface area contributed by atoms with E-state index in [2.05, 4.69) is 17.0 Å². The molecule has 0 fully saturated rings. The van der Waals surface area contributed by atoms with Crippen LogP contribution in [0, 0.1) is 25.7 Å². The molecule has 0 aliphatic rings. The number of aliphatic carboxylic acids is 1. The largest absolute Gasteiger partial charge is 0.481 e. The number of hydrogen-bond acceptors (Lipinski definition) is 3. The Kier molecular flexibility index (Phi) is 2.70. The SMILES string of the molecule is Cc1noc(C)c1C#CCC(=O)O. The summed E-state index contributed by atoms with van der Waals surface area (Å²) in [6.07, 6.45) is -0.163. The van der Waals surface area contributed by atoms with Gasteiger partial charge in [-0.2, -0.15) is 0 Å². The summed E-state index contributed by atoms with van der Waals surface area (Å²) < 4.78 is 4.85. The number of aromatic nitrogens is 1. The van der Waals surface area contributed by atoms with Crippen LogP contribution in [0.15, 0.2) is 4.52 Å².